The number of rotatable bonds is 3. The number of allylic oxidation sites excluding steroid dienone is 1. The number of hydrogen-bond acceptors (Lipinski definition) is 5. The maximum Gasteiger partial charge on any atom is 0.343 e. The molecule has 2 aliphatic rings. The minimum Gasteiger partial charge on any atom is -0.440 e. The predicted molar refractivity (Wildman–Crippen MR) is 85.7 cm³/mol. The molecule has 1 atom stereocenters. The van der Waals surface area contributed by atoms with Gasteiger partial charge in [0.1, 0.15) is 17.6 Å². The summed E-state index contributed by atoms with van der Waals surface area (Å²) in [5, 5.41) is 9.44. The molecule has 0 unspecified atom stereocenters. The highest BCUT2D eigenvalue weighted by Crippen LogP contribution is 2.40. The van der Waals surface area contributed by atoms with Crippen LogP contribution < -0.4 is 16.1 Å². The van der Waals surface area contributed by atoms with E-state index in [0.29, 0.717) is 28.6 Å². The van der Waals surface area contributed by atoms with E-state index in [9.17, 15) is 10.1 Å². The fourth-order valence-electron chi connectivity index (χ4n) is 3.78. The van der Waals surface area contributed by atoms with Crippen molar-refractivity contribution in [3.8, 4) is 11.8 Å². The summed E-state index contributed by atoms with van der Waals surface area (Å²) in [6.07, 6.45) is 8.07. The second-order valence-corrected chi connectivity index (χ2v) is 6.55. The summed E-state index contributed by atoms with van der Waals surface area (Å²) in [6, 6.07) is 3.80. The molecule has 3 rings (SSSR count). The maximum atomic E-state index is 12.3. The molecular weight excluding hydrogens is 292 g/mol. The molecule has 5 nitrogen and oxygen atoms in total. The fourth-order valence-corrected chi connectivity index (χ4v) is 3.78. The van der Waals surface area contributed by atoms with Crippen LogP contribution in [0.5, 0.6) is 5.75 Å². The molecule has 0 spiro atoms. The molecule has 1 saturated carbocycles. The van der Waals surface area contributed by atoms with Crippen LogP contribution in [0.3, 0.4) is 0 Å². The number of nitriles is 1. The molecule has 2 heterocycles. The van der Waals surface area contributed by atoms with Gasteiger partial charge in [-0.1, -0.05) is 32.1 Å². The maximum absolute atomic E-state index is 12.3. The molecule has 1 aliphatic heterocycles. The summed E-state index contributed by atoms with van der Waals surface area (Å²) >= 11 is 0. The van der Waals surface area contributed by atoms with Crippen LogP contribution in [0.1, 0.15) is 62.2 Å². The Bertz CT molecular complexity index is 721. The summed E-state index contributed by atoms with van der Waals surface area (Å²) in [5.74, 6) is 1.38. The van der Waals surface area contributed by atoms with E-state index in [1.807, 2.05) is 0 Å². The Kier molecular flexibility index (Phi) is 4.42. The van der Waals surface area contributed by atoms with Crippen molar-refractivity contribution in [1.29, 1.82) is 5.26 Å². The van der Waals surface area contributed by atoms with Crippen molar-refractivity contribution in [2.45, 2.75) is 57.8 Å². The molecule has 0 aromatic carbocycles. The molecule has 23 heavy (non-hydrogen) atoms. The third kappa shape index (κ3) is 3.12. The lowest BCUT2D eigenvalue weighted by atomic mass is 9.80. The Balaban J connectivity index is 1.90. The SMILES string of the molecule is Cc1cc2c(c(=O)o1)[C@H](CCC1CCCCC1)C(C#N)=C(N)O2. The predicted octanol–water partition coefficient (Wildman–Crippen LogP) is 3.48. The molecule has 5 heteroatoms. The van der Waals surface area contributed by atoms with Crippen LogP contribution in [0.25, 0.3) is 0 Å². The summed E-state index contributed by atoms with van der Waals surface area (Å²) in [5.41, 5.74) is 6.28. The lowest BCUT2D eigenvalue weighted by molar-refractivity contribution is 0.315. The van der Waals surface area contributed by atoms with E-state index < -0.39 is 5.63 Å². The van der Waals surface area contributed by atoms with Gasteiger partial charge < -0.3 is 14.9 Å². The van der Waals surface area contributed by atoms with Gasteiger partial charge in [0, 0.05) is 12.0 Å². The molecule has 0 saturated heterocycles. The molecule has 0 bridgehead atoms. The fraction of sp³-hybridized carbons (Fsp3) is 0.556. The van der Waals surface area contributed by atoms with Gasteiger partial charge in [-0.3, -0.25) is 0 Å². The van der Waals surface area contributed by atoms with Crippen LogP contribution in [-0.2, 0) is 0 Å². The first-order valence-corrected chi connectivity index (χ1v) is 8.32. The van der Waals surface area contributed by atoms with Crippen molar-refractivity contribution < 1.29 is 9.15 Å². The number of aryl methyl sites for hydroxylation is 1. The lowest BCUT2D eigenvalue weighted by Crippen LogP contribution is -2.26. The first-order chi connectivity index (χ1) is 11.1. The van der Waals surface area contributed by atoms with Crippen LogP contribution in [-0.4, -0.2) is 0 Å². The van der Waals surface area contributed by atoms with Crippen molar-refractivity contribution in [1.82, 2.24) is 0 Å². The monoisotopic (exact) mass is 314 g/mol. The molecule has 1 aromatic rings. The molecule has 1 aromatic heterocycles. The molecule has 122 valence electrons. The van der Waals surface area contributed by atoms with Crippen LogP contribution in [0.15, 0.2) is 26.7 Å². The van der Waals surface area contributed by atoms with E-state index >= 15 is 0 Å². The largest absolute Gasteiger partial charge is 0.440 e. The zero-order valence-electron chi connectivity index (χ0n) is 13.4. The number of ether oxygens (including phenoxy) is 1. The average molecular weight is 314 g/mol. The van der Waals surface area contributed by atoms with E-state index in [4.69, 9.17) is 14.9 Å². The second kappa shape index (κ2) is 6.49. The number of fused-ring (bicyclic) bond motifs is 1. The Morgan fingerprint density at radius 1 is 1.30 bits per heavy atom. The van der Waals surface area contributed by atoms with Crippen molar-refractivity contribution in [2.24, 2.45) is 11.7 Å². The Morgan fingerprint density at radius 2 is 2.04 bits per heavy atom. The van der Waals surface area contributed by atoms with Gasteiger partial charge >= 0.3 is 5.63 Å². The number of hydrogen-bond donors (Lipinski definition) is 1. The quantitative estimate of drug-likeness (QED) is 0.922. The first-order valence-electron chi connectivity index (χ1n) is 8.32. The molecule has 2 N–H and O–H groups in total. The van der Waals surface area contributed by atoms with Crippen molar-refractivity contribution in [3.63, 3.8) is 0 Å². The number of nitrogens with zero attached hydrogens (tertiary/aromatic N) is 1. The third-order valence-electron chi connectivity index (χ3n) is 4.96. The Hall–Kier alpha value is -2.22. The zero-order chi connectivity index (χ0) is 16.4. The normalized spacial score (nSPS) is 21.5. The Labute approximate surface area is 135 Å². The zero-order valence-corrected chi connectivity index (χ0v) is 13.4. The molecule has 1 fully saturated rings. The standard InChI is InChI=1S/C18H22N2O3/c1-11-9-15-16(18(21)22-11)13(14(10-19)17(20)23-15)8-7-12-5-3-2-4-6-12/h9,12-13H,2-8,20H2,1H3/t13-/m1/s1. The first kappa shape index (κ1) is 15.7. The van der Waals surface area contributed by atoms with Crippen molar-refractivity contribution >= 4 is 0 Å². The van der Waals surface area contributed by atoms with E-state index in [0.717, 1.165) is 12.8 Å². The van der Waals surface area contributed by atoms with Crippen LogP contribution in [0, 0.1) is 24.2 Å². The highest BCUT2D eigenvalue weighted by Gasteiger charge is 2.33. The summed E-state index contributed by atoms with van der Waals surface area (Å²) in [6.45, 7) is 1.70. The van der Waals surface area contributed by atoms with Crippen LogP contribution in [0.2, 0.25) is 0 Å². The van der Waals surface area contributed by atoms with Gasteiger partial charge in [-0.25, -0.2) is 4.79 Å². The van der Waals surface area contributed by atoms with Gasteiger partial charge in [-0.05, 0) is 25.7 Å². The van der Waals surface area contributed by atoms with Crippen molar-refractivity contribution in [3.05, 3.63) is 39.3 Å². The lowest BCUT2D eigenvalue weighted by Gasteiger charge is -2.27. The van der Waals surface area contributed by atoms with Gasteiger partial charge in [0.2, 0.25) is 5.88 Å². The molecule has 0 radical (unpaired) electrons. The minimum absolute atomic E-state index is 0.110. The minimum atomic E-state index is -0.422. The summed E-state index contributed by atoms with van der Waals surface area (Å²) < 4.78 is 10.7. The summed E-state index contributed by atoms with van der Waals surface area (Å²) in [7, 11) is 0. The topological polar surface area (TPSA) is 89.2 Å². The molecular formula is C18H22N2O3. The van der Waals surface area contributed by atoms with E-state index in [1.54, 1.807) is 13.0 Å². The van der Waals surface area contributed by atoms with Gasteiger partial charge in [0.05, 0.1) is 11.1 Å². The van der Waals surface area contributed by atoms with Crippen LogP contribution in [0.4, 0.5) is 0 Å². The Morgan fingerprint density at radius 3 is 2.74 bits per heavy atom. The second-order valence-electron chi connectivity index (χ2n) is 6.55. The van der Waals surface area contributed by atoms with Gasteiger partial charge in [0.25, 0.3) is 0 Å². The molecule has 1 aliphatic carbocycles. The third-order valence-corrected chi connectivity index (χ3v) is 4.96. The van der Waals surface area contributed by atoms with Gasteiger partial charge in [0.15, 0.2) is 0 Å². The summed E-state index contributed by atoms with van der Waals surface area (Å²) in [4.78, 5) is 12.3. The van der Waals surface area contributed by atoms with E-state index in [-0.39, 0.29) is 11.8 Å². The van der Waals surface area contributed by atoms with Gasteiger partial charge in [-0.2, -0.15) is 5.26 Å². The van der Waals surface area contributed by atoms with Crippen molar-refractivity contribution in [2.75, 3.05) is 0 Å². The highest BCUT2D eigenvalue weighted by molar-refractivity contribution is 5.48. The average Bonchev–Trinajstić information content (AvgIpc) is 2.52. The van der Waals surface area contributed by atoms with E-state index in [1.165, 1.54) is 32.1 Å². The molecule has 0 amide bonds. The van der Waals surface area contributed by atoms with Crippen LogP contribution >= 0.6 is 0 Å². The number of nitrogens with two attached hydrogens (primary N) is 1. The van der Waals surface area contributed by atoms with Gasteiger partial charge in [-0.15, -0.1) is 0 Å². The van der Waals surface area contributed by atoms with E-state index in [2.05, 4.69) is 6.07 Å². The highest BCUT2D eigenvalue weighted by atomic mass is 16.5. The smallest absolute Gasteiger partial charge is 0.343 e.